The predicted molar refractivity (Wildman–Crippen MR) is 88.2 cm³/mol. The fourth-order valence-corrected chi connectivity index (χ4v) is 2.44. The number of carbonyl (C=O) groups is 1. The number of benzene rings is 1. The second kappa shape index (κ2) is 8.05. The van der Waals surface area contributed by atoms with Gasteiger partial charge in [-0.1, -0.05) is 6.07 Å². The van der Waals surface area contributed by atoms with Crippen molar-refractivity contribution < 1.29 is 38.4 Å². The van der Waals surface area contributed by atoms with Crippen molar-refractivity contribution in [2.24, 2.45) is 0 Å². The summed E-state index contributed by atoms with van der Waals surface area (Å²) >= 11 is 0. The molecule has 0 amide bonds. The van der Waals surface area contributed by atoms with Crippen molar-refractivity contribution >= 4 is 22.9 Å². The number of fused-ring (bicyclic) bond motifs is 1. The number of rotatable bonds is 7. The molecular formula is C16H17F3N2O6. The predicted octanol–water partition coefficient (Wildman–Crippen LogP) is -0.399. The highest BCUT2D eigenvalue weighted by atomic mass is 19.4. The van der Waals surface area contributed by atoms with E-state index >= 15 is 0 Å². The van der Waals surface area contributed by atoms with Gasteiger partial charge in [-0.25, -0.2) is 0 Å². The zero-order chi connectivity index (χ0) is 20.4. The number of aromatic amines is 1. The van der Waals surface area contributed by atoms with Gasteiger partial charge in [-0.2, -0.15) is 13.2 Å². The molecule has 0 aliphatic carbocycles. The maximum atomic E-state index is 12.8. The maximum Gasteiger partial charge on any atom is 0.421 e. The highest BCUT2D eigenvalue weighted by Crippen LogP contribution is 2.28. The zero-order valence-corrected chi connectivity index (χ0v) is 13.6. The average Bonchev–Trinajstić information content (AvgIpc) is 2.62. The van der Waals surface area contributed by atoms with Gasteiger partial charge in [-0.15, -0.1) is 0 Å². The summed E-state index contributed by atoms with van der Waals surface area (Å²) in [6.45, 7) is -0.845. The monoisotopic (exact) mass is 390 g/mol. The van der Waals surface area contributed by atoms with Gasteiger partial charge in [0, 0.05) is 5.69 Å². The summed E-state index contributed by atoms with van der Waals surface area (Å²) in [4.78, 5) is 24.9. The Morgan fingerprint density at radius 2 is 1.81 bits per heavy atom. The second-order valence-corrected chi connectivity index (χ2v) is 5.85. The topological polar surface area (TPSA) is 143 Å². The molecule has 1 heterocycles. The van der Waals surface area contributed by atoms with Crippen molar-refractivity contribution in [2.45, 2.75) is 30.5 Å². The molecule has 1 aromatic heterocycles. The summed E-state index contributed by atoms with van der Waals surface area (Å²) in [5, 5.41) is 40.3. The molecule has 0 saturated carbocycles. The van der Waals surface area contributed by atoms with Gasteiger partial charge in [0.25, 0.3) is 5.56 Å². The lowest BCUT2D eigenvalue weighted by molar-refractivity contribution is -0.138. The molecule has 11 heteroatoms. The molecule has 0 unspecified atom stereocenters. The number of pyridine rings is 1. The number of aliphatic hydroxyl groups excluding tert-OH is 4. The molecule has 0 saturated heterocycles. The molecule has 148 valence electrons. The lowest BCUT2D eigenvalue weighted by Gasteiger charge is -2.26. The Kier molecular flexibility index (Phi) is 6.21. The van der Waals surface area contributed by atoms with Crippen LogP contribution in [0.1, 0.15) is 5.56 Å². The third-order valence-electron chi connectivity index (χ3n) is 3.93. The number of hydrogen-bond donors (Lipinski definition) is 6. The van der Waals surface area contributed by atoms with Crippen LogP contribution in [0.2, 0.25) is 0 Å². The van der Waals surface area contributed by atoms with E-state index in [-0.39, 0.29) is 22.9 Å². The van der Waals surface area contributed by atoms with Crippen molar-refractivity contribution in [3.05, 3.63) is 40.2 Å². The third-order valence-corrected chi connectivity index (χ3v) is 3.93. The minimum atomic E-state index is -4.81. The van der Waals surface area contributed by atoms with Crippen LogP contribution in [0.4, 0.5) is 18.9 Å². The SMILES string of the molecule is O=C[C@H](Nc1ccc2cc(C(F)(F)F)c(=O)[nH]c2c1)[C@@H](O)[C@H](O)[C@H](O)CO. The third kappa shape index (κ3) is 4.63. The largest absolute Gasteiger partial charge is 0.421 e. The molecule has 2 rings (SSSR count). The van der Waals surface area contributed by atoms with Crippen molar-refractivity contribution in [1.29, 1.82) is 0 Å². The highest BCUT2D eigenvalue weighted by Gasteiger charge is 2.34. The fourth-order valence-electron chi connectivity index (χ4n) is 2.44. The summed E-state index contributed by atoms with van der Waals surface area (Å²) in [6, 6.07) is 3.09. The smallest absolute Gasteiger partial charge is 0.394 e. The van der Waals surface area contributed by atoms with Crippen molar-refractivity contribution in [3.8, 4) is 0 Å². The Labute approximate surface area is 149 Å². The Morgan fingerprint density at radius 1 is 1.15 bits per heavy atom. The summed E-state index contributed by atoms with van der Waals surface area (Å²) < 4.78 is 38.3. The molecule has 0 spiro atoms. The first kappa shape index (κ1) is 20.8. The minimum Gasteiger partial charge on any atom is -0.394 e. The minimum absolute atomic E-state index is 0.0491. The van der Waals surface area contributed by atoms with Crippen LogP contribution in [0.15, 0.2) is 29.1 Å². The van der Waals surface area contributed by atoms with Gasteiger partial charge in [0.15, 0.2) is 0 Å². The van der Waals surface area contributed by atoms with Gasteiger partial charge < -0.3 is 35.5 Å². The molecule has 0 radical (unpaired) electrons. The van der Waals surface area contributed by atoms with Crippen LogP contribution in [0.25, 0.3) is 10.9 Å². The number of nitrogens with one attached hydrogen (secondary N) is 2. The van der Waals surface area contributed by atoms with Crippen LogP contribution in [0.5, 0.6) is 0 Å². The quantitative estimate of drug-likeness (QED) is 0.353. The molecule has 0 aliphatic rings. The number of aromatic nitrogens is 1. The highest BCUT2D eigenvalue weighted by molar-refractivity contribution is 5.83. The first-order valence-corrected chi connectivity index (χ1v) is 7.69. The molecule has 1 aromatic carbocycles. The van der Waals surface area contributed by atoms with Gasteiger partial charge in [-0.3, -0.25) is 4.79 Å². The number of halogens is 3. The molecule has 4 atom stereocenters. The van der Waals surface area contributed by atoms with Crippen LogP contribution < -0.4 is 10.9 Å². The van der Waals surface area contributed by atoms with E-state index in [1.165, 1.54) is 18.2 Å². The van der Waals surface area contributed by atoms with Gasteiger partial charge in [-0.05, 0) is 23.6 Å². The average molecular weight is 390 g/mol. The van der Waals surface area contributed by atoms with Gasteiger partial charge in [0.2, 0.25) is 0 Å². The van der Waals surface area contributed by atoms with Gasteiger partial charge in [0.1, 0.15) is 36.2 Å². The summed E-state index contributed by atoms with van der Waals surface area (Å²) in [5.41, 5.74) is -2.48. The van der Waals surface area contributed by atoms with E-state index in [4.69, 9.17) is 5.11 Å². The Morgan fingerprint density at radius 3 is 2.37 bits per heavy atom. The van der Waals surface area contributed by atoms with E-state index in [1.807, 2.05) is 0 Å². The molecule has 8 nitrogen and oxygen atoms in total. The van der Waals surface area contributed by atoms with Crippen LogP contribution in [-0.2, 0) is 11.0 Å². The molecule has 0 bridgehead atoms. The zero-order valence-electron chi connectivity index (χ0n) is 13.6. The maximum absolute atomic E-state index is 12.8. The van der Waals surface area contributed by atoms with Crippen molar-refractivity contribution in [3.63, 3.8) is 0 Å². The molecule has 0 aliphatic heterocycles. The summed E-state index contributed by atoms with van der Waals surface area (Å²) in [7, 11) is 0. The number of aldehydes is 1. The second-order valence-electron chi connectivity index (χ2n) is 5.85. The first-order valence-electron chi connectivity index (χ1n) is 7.69. The summed E-state index contributed by atoms with van der Waals surface area (Å²) in [6.07, 6.45) is -9.86. The standard InChI is InChI=1S/C16H17F3N2O6/c17-16(18,19)9-3-7-1-2-8(4-10(7)21-15(9)27)20-11(5-22)13(25)14(26)12(24)6-23/h1-5,11-14,20,23-26H,6H2,(H,21,27)/t11-,12+,13+,14+/m0/s1. The molecule has 2 aromatic rings. The van der Waals surface area contributed by atoms with E-state index in [0.29, 0.717) is 6.07 Å². The lowest BCUT2D eigenvalue weighted by Crippen LogP contribution is -2.49. The Balaban J connectivity index is 2.31. The summed E-state index contributed by atoms with van der Waals surface area (Å²) in [5.74, 6) is 0. The van der Waals surface area contributed by atoms with E-state index in [1.54, 1.807) is 0 Å². The molecule has 6 N–H and O–H groups in total. The normalized spacial score (nSPS) is 16.6. The number of anilines is 1. The Bertz CT molecular complexity index is 869. The number of alkyl halides is 3. The Hall–Kier alpha value is -2.47. The van der Waals surface area contributed by atoms with Crippen LogP contribution >= 0.6 is 0 Å². The van der Waals surface area contributed by atoms with E-state index in [0.717, 1.165) is 0 Å². The molecule has 27 heavy (non-hydrogen) atoms. The number of H-pyrrole nitrogens is 1. The lowest BCUT2D eigenvalue weighted by atomic mass is 10.0. The number of carbonyl (C=O) groups excluding carboxylic acids is 1. The van der Waals surface area contributed by atoms with Gasteiger partial charge >= 0.3 is 6.18 Å². The molecular weight excluding hydrogens is 373 g/mol. The van der Waals surface area contributed by atoms with E-state index in [2.05, 4.69) is 10.3 Å². The van der Waals surface area contributed by atoms with Crippen LogP contribution in [-0.4, -0.2) is 62.7 Å². The van der Waals surface area contributed by atoms with E-state index < -0.39 is 48.3 Å². The first-order chi connectivity index (χ1) is 12.6. The van der Waals surface area contributed by atoms with Crippen LogP contribution in [0.3, 0.4) is 0 Å². The molecule has 0 fully saturated rings. The number of aliphatic hydroxyl groups is 4. The van der Waals surface area contributed by atoms with Gasteiger partial charge in [0.05, 0.1) is 12.1 Å². The number of hydrogen-bond acceptors (Lipinski definition) is 7. The van der Waals surface area contributed by atoms with Crippen molar-refractivity contribution in [2.75, 3.05) is 11.9 Å². The van der Waals surface area contributed by atoms with Crippen molar-refractivity contribution in [1.82, 2.24) is 4.98 Å². The van der Waals surface area contributed by atoms with E-state index in [9.17, 15) is 38.1 Å². The van der Waals surface area contributed by atoms with Crippen LogP contribution in [0, 0.1) is 0 Å². The fraction of sp³-hybridized carbons (Fsp3) is 0.375.